The van der Waals surface area contributed by atoms with Crippen molar-refractivity contribution in [2.45, 2.75) is 52.5 Å². The molecular weight excluding hydrogens is 421 g/mol. The summed E-state index contributed by atoms with van der Waals surface area (Å²) in [5.74, 6) is 0.143. The quantitative estimate of drug-likeness (QED) is 0.617. The minimum Gasteiger partial charge on any atom is -0.321 e. The van der Waals surface area contributed by atoms with Crippen molar-refractivity contribution in [2.24, 2.45) is 0 Å². The van der Waals surface area contributed by atoms with E-state index in [1.807, 2.05) is 6.07 Å². The fourth-order valence-electron chi connectivity index (χ4n) is 4.37. The molecule has 3 rings (SSSR count). The number of hydrogen-bond donors (Lipinski definition) is 1. The van der Waals surface area contributed by atoms with Crippen LogP contribution in [0.5, 0.6) is 0 Å². The Labute approximate surface area is 195 Å². The van der Waals surface area contributed by atoms with Crippen molar-refractivity contribution in [3.63, 3.8) is 0 Å². The fourth-order valence-corrected chi connectivity index (χ4v) is 4.37. The summed E-state index contributed by atoms with van der Waals surface area (Å²) < 4.78 is 0.876. The third-order valence-corrected chi connectivity index (χ3v) is 5.85. The second-order valence-corrected chi connectivity index (χ2v) is 8.17. The second kappa shape index (κ2) is 11.2. The molecule has 1 aliphatic heterocycles. The SMILES string of the molecule is Cc1cccc(C)c1NC(=O)C[N+]1(Cc2ccccc2)CCCCCCC1.[Y]. The van der Waals surface area contributed by atoms with E-state index in [0.717, 1.165) is 40.9 Å². The Kier molecular flexibility index (Phi) is 9.33. The number of quaternary nitrogens is 1. The van der Waals surface area contributed by atoms with E-state index < -0.39 is 0 Å². The number of benzene rings is 2. The number of anilines is 1. The Morgan fingerprint density at radius 1 is 0.857 bits per heavy atom. The molecule has 1 N–H and O–H groups in total. The molecule has 1 saturated heterocycles. The van der Waals surface area contributed by atoms with Crippen LogP contribution in [0.2, 0.25) is 0 Å². The van der Waals surface area contributed by atoms with Gasteiger partial charge in [0.05, 0.1) is 13.1 Å². The fraction of sp³-hybridized carbons (Fsp3) is 0.458. The van der Waals surface area contributed by atoms with Gasteiger partial charge in [-0.3, -0.25) is 4.79 Å². The topological polar surface area (TPSA) is 29.1 Å². The molecule has 1 aliphatic rings. The van der Waals surface area contributed by atoms with Crippen LogP contribution in [0, 0.1) is 13.8 Å². The van der Waals surface area contributed by atoms with Gasteiger partial charge in [0.15, 0.2) is 6.54 Å². The van der Waals surface area contributed by atoms with Crippen molar-refractivity contribution in [3.8, 4) is 0 Å². The van der Waals surface area contributed by atoms with E-state index in [1.165, 1.54) is 37.7 Å². The van der Waals surface area contributed by atoms with Gasteiger partial charge < -0.3 is 9.80 Å². The predicted molar refractivity (Wildman–Crippen MR) is 113 cm³/mol. The zero-order chi connectivity index (χ0) is 19.1. The average molecular weight is 454 g/mol. The van der Waals surface area contributed by atoms with E-state index in [4.69, 9.17) is 0 Å². The van der Waals surface area contributed by atoms with Crippen molar-refractivity contribution in [1.82, 2.24) is 0 Å². The first kappa shape index (κ1) is 23.3. The maximum atomic E-state index is 13.1. The molecule has 1 amide bonds. The van der Waals surface area contributed by atoms with E-state index in [2.05, 4.69) is 61.6 Å². The van der Waals surface area contributed by atoms with Gasteiger partial charge in [0.1, 0.15) is 6.54 Å². The van der Waals surface area contributed by atoms with Crippen molar-refractivity contribution in [2.75, 3.05) is 25.0 Å². The number of nitrogens with zero attached hydrogens (tertiary/aromatic N) is 1. The zero-order valence-electron chi connectivity index (χ0n) is 17.4. The smallest absolute Gasteiger partial charge is 0.279 e. The third kappa shape index (κ3) is 6.51. The number of carbonyl (C=O) groups is 1. The van der Waals surface area contributed by atoms with Gasteiger partial charge in [0, 0.05) is 44.0 Å². The van der Waals surface area contributed by atoms with Crippen LogP contribution in [0.1, 0.15) is 48.8 Å². The molecule has 147 valence electrons. The molecule has 1 fully saturated rings. The minimum absolute atomic E-state index is 0. The van der Waals surface area contributed by atoms with E-state index in [1.54, 1.807) is 0 Å². The van der Waals surface area contributed by atoms with Crippen LogP contribution in [0.4, 0.5) is 5.69 Å². The number of carbonyl (C=O) groups excluding carboxylic acids is 1. The first-order valence-electron chi connectivity index (χ1n) is 10.3. The maximum Gasteiger partial charge on any atom is 0.279 e. The van der Waals surface area contributed by atoms with Gasteiger partial charge in [0.2, 0.25) is 0 Å². The van der Waals surface area contributed by atoms with Gasteiger partial charge >= 0.3 is 0 Å². The Morgan fingerprint density at radius 2 is 1.43 bits per heavy atom. The van der Waals surface area contributed by atoms with Crippen molar-refractivity contribution >= 4 is 11.6 Å². The Balaban J connectivity index is 0.00000280. The van der Waals surface area contributed by atoms with Gasteiger partial charge in [-0.1, -0.05) is 55.0 Å². The zero-order valence-corrected chi connectivity index (χ0v) is 20.3. The standard InChI is InChI=1S/C24H32N2O.Y/c1-20-12-11-13-21(2)24(20)25-23(27)19-26(16-9-4-3-5-10-17-26)18-22-14-7-6-8-15-22;/h6-8,11-15H,3-5,9-10,16-19H2,1-2H3;/p+1. The molecule has 3 nitrogen and oxygen atoms in total. The largest absolute Gasteiger partial charge is 0.321 e. The summed E-state index contributed by atoms with van der Waals surface area (Å²) in [5, 5.41) is 3.22. The summed E-state index contributed by atoms with van der Waals surface area (Å²) in [6.45, 7) is 7.81. The molecular formula is C24H33N2OY+. The molecule has 1 heterocycles. The number of hydrogen-bond acceptors (Lipinski definition) is 1. The Bertz CT molecular complexity index is 732. The van der Waals surface area contributed by atoms with E-state index in [9.17, 15) is 4.79 Å². The molecule has 1 radical (unpaired) electrons. The summed E-state index contributed by atoms with van der Waals surface area (Å²) >= 11 is 0. The van der Waals surface area contributed by atoms with Gasteiger partial charge in [-0.05, 0) is 50.7 Å². The monoisotopic (exact) mass is 454 g/mol. The summed E-state index contributed by atoms with van der Waals surface area (Å²) in [4.78, 5) is 13.1. The van der Waals surface area contributed by atoms with Gasteiger partial charge in [-0.15, -0.1) is 0 Å². The number of nitrogens with one attached hydrogen (secondary N) is 1. The Hall–Kier alpha value is -1.03. The molecule has 2 aromatic rings. The molecule has 0 atom stereocenters. The van der Waals surface area contributed by atoms with E-state index >= 15 is 0 Å². The molecule has 0 saturated carbocycles. The minimum atomic E-state index is 0. The van der Waals surface area contributed by atoms with Crippen LogP contribution >= 0.6 is 0 Å². The second-order valence-electron chi connectivity index (χ2n) is 8.17. The molecule has 0 bridgehead atoms. The van der Waals surface area contributed by atoms with Crippen LogP contribution < -0.4 is 5.32 Å². The summed E-state index contributed by atoms with van der Waals surface area (Å²) in [6.07, 6.45) is 6.33. The molecule has 0 unspecified atom stereocenters. The predicted octanol–water partition coefficient (Wildman–Crippen LogP) is 5.22. The number of para-hydroxylation sites is 1. The first-order chi connectivity index (χ1) is 13.1. The van der Waals surface area contributed by atoms with Crippen LogP contribution in [-0.2, 0) is 44.0 Å². The third-order valence-electron chi connectivity index (χ3n) is 5.85. The summed E-state index contributed by atoms with van der Waals surface area (Å²) in [7, 11) is 0. The number of likely N-dealkylation sites (tertiary alicyclic amines) is 1. The molecule has 28 heavy (non-hydrogen) atoms. The number of rotatable bonds is 5. The van der Waals surface area contributed by atoms with Crippen molar-refractivity contribution in [3.05, 3.63) is 65.2 Å². The van der Waals surface area contributed by atoms with Gasteiger partial charge in [-0.25, -0.2) is 0 Å². The normalized spacial score (nSPS) is 16.4. The van der Waals surface area contributed by atoms with Crippen molar-refractivity contribution < 1.29 is 42.0 Å². The van der Waals surface area contributed by atoms with E-state index in [0.29, 0.717) is 6.54 Å². The molecule has 0 aliphatic carbocycles. The molecule has 2 aromatic carbocycles. The van der Waals surface area contributed by atoms with Crippen LogP contribution in [-0.4, -0.2) is 30.0 Å². The number of aryl methyl sites for hydroxylation is 2. The van der Waals surface area contributed by atoms with Crippen LogP contribution in [0.3, 0.4) is 0 Å². The average Bonchev–Trinajstić information content (AvgIpc) is 2.63. The van der Waals surface area contributed by atoms with Gasteiger partial charge in [0.25, 0.3) is 5.91 Å². The van der Waals surface area contributed by atoms with Crippen LogP contribution in [0.25, 0.3) is 0 Å². The maximum absolute atomic E-state index is 13.1. The van der Waals surface area contributed by atoms with Crippen LogP contribution in [0.15, 0.2) is 48.5 Å². The molecule has 0 aromatic heterocycles. The molecule has 4 heteroatoms. The first-order valence-corrected chi connectivity index (χ1v) is 10.3. The van der Waals surface area contributed by atoms with Crippen molar-refractivity contribution in [1.29, 1.82) is 0 Å². The Morgan fingerprint density at radius 3 is 2.04 bits per heavy atom. The summed E-state index contributed by atoms with van der Waals surface area (Å²) in [5.41, 5.74) is 4.57. The number of amides is 1. The summed E-state index contributed by atoms with van der Waals surface area (Å²) in [6, 6.07) is 16.8. The van der Waals surface area contributed by atoms with E-state index in [-0.39, 0.29) is 38.6 Å². The van der Waals surface area contributed by atoms with Gasteiger partial charge in [-0.2, -0.15) is 0 Å². The molecule has 0 spiro atoms.